The molecule has 1 aromatic rings. The van der Waals surface area contributed by atoms with E-state index in [1.54, 1.807) is 12.3 Å². The monoisotopic (exact) mass is 148 g/mol. The zero-order valence-corrected chi connectivity index (χ0v) is 6.62. The van der Waals surface area contributed by atoms with Crippen molar-refractivity contribution >= 4 is 0 Å². The van der Waals surface area contributed by atoms with Gasteiger partial charge in [-0.25, -0.2) is 0 Å². The van der Waals surface area contributed by atoms with Crippen LogP contribution < -0.4 is 5.73 Å². The Balaban J connectivity index is 3.02. The van der Waals surface area contributed by atoms with Gasteiger partial charge in [-0.3, -0.25) is 4.98 Å². The minimum atomic E-state index is -0.142. The summed E-state index contributed by atoms with van der Waals surface area (Å²) in [6, 6.07) is 3.75. The van der Waals surface area contributed by atoms with E-state index in [9.17, 15) is 0 Å². The van der Waals surface area contributed by atoms with E-state index >= 15 is 0 Å². The first-order valence-electron chi connectivity index (χ1n) is 3.55. The lowest BCUT2D eigenvalue weighted by molar-refractivity contribution is 0.851. The highest BCUT2D eigenvalue weighted by molar-refractivity contribution is 5.23. The van der Waals surface area contributed by atoms with Gasteiger partial charge in [-0.05, 0) is 18.6 Å². The molecule has 0 saturated heterocycles. The Hall–Kier alpha value is -1.15. The second-order valence-electron chi connectivity index (χ2n) is 2.47. The Morgan fingerprint density at radius 2 is 2.45 bits per heavy atom. The van der Waals surface area contributed by atoms with Crippen LogP contribution in [-0.4, -0.2) is 4.98 Å². The average Bonchev–Trinajstić information content (AvgIpc) is 2.04. The molecule has 58 valence electrons. The molecule has 2 nitrogen and oxygen atoms in total. The van der Waals surface area contributed by atoms with E-state index in [2.05, 4.69) is 11.6 Å². The summed E-state index contributed by atoms with van der Waals surface area (Å²) in [4.78, 5) is 4.15. The molecule has 0 radical (unpaired) electrons. The first-order valence-corrected chi connectivity index (χ1v) is 3.55. The van der Waals surface area contributed by atoms with Crippen LogP contribution in [0, 0.1) is 6.92 Å². The maximum atomic E-state index is 5.71. The van der Waals surface area contributed by atoms with Crippen molar-refractivity contribution in [2.45, 2.75) is 13.0 Å². The van der Waals surface area contributed by atoms with Crippen LogP contribution in [0.2, 0.25) is 0 Å². The maximum absolute atomic E-state index is 5.71. The van der Waals surface area contributed by atoms with Gasteiger partial charge in [-0.2, -0.15) is 0 Å². The van der Waals surface area contributed by atoms with Crippen molar-refractivity contribution in [1.82, 2.24) is 4.98 Å². The quantitative estimate of drug-likeness (QED) is 0.646. The van der Waals surface area contributed by atoms with Crippen LogP contribution in [0.1, 0.15) is 17.3 Å². The molecule has 0 bridgehead atoms. The third kappa shape index (κ3) is 1.65. The summed E-state index contributed by atoms with van der Waals surface area (Å²) in [5.74, 6) is 0. The SMILES string of the molecule is C=CC(N)c1ncccc1C. The van der Waals surface area contributed by atoms with Gasteiger partial charge < -0.3 is 5.73 Å². The van der Waals surface area contributed by atoms with Crippen LogP contribution in [0.3, 0.4) is 0 Å². The van der Waals surface area contributed by atoms with Crippen molar-refractivity contribution in [1.29, 1.82) is 0 Å². The molecule has 1 atom stereocenters. The van der Waals surface area contributed by atoms with Gasteiger partial charge in [0.25, 0.3) is 0 Å². The number of hydrogen-bond donors (Lipinski definition) is 1. The normalized spacial score (nSPS) is 12.5. The van der Waals surface area contributed by atoms with Crippen molar-refractivity contribution in [2.24, 2.45) is 5.73 Å². The molecule has 11 heavy (non-hydrogen) atoms. The Morgan fingerprint density at radius 3 is 3.00 bits per heavy atom. The number of nitrogens with two attached hydrogens (primary N) is 1. The van der Waals surface area contributed by atoms with Crippen LogP contribution >= 0.6 is 0 Å². The molecule has 2 N–H and O–H groups in total. The number of rotatable bonds is 2. The van der Waals surface area contributed by atoms with E-state index in [-0.39, 0.29) is 6.04 Å². The van der Waals surface area contributed by atoms with Gasteiger partial charge in [0.05, 0.1) is 11.7 Å². The van der Waals surface area contributed by atoms with Gasteiger partial charge >= 0.3 is 0 Å². The molecular weight excluding hydrogens is 136 g/mol. The molecule has 1 rings (SSSR count). The lowest BCUT2D eigenvalue weighted by Crippen LogP contribution is -2.09. The van der Waals surface area contributed by atoms with Crippen molar-refractivity contribution in [3.63, 3.8) is 0 Å². The molecule has 1 aromatic heterocycles. The first-order chi connectivity index (χ1) is 5.25. The largest absolute Gasteiger partial charge is 0.319 e. The molecule has 0 aliphatic heterocycles. The predicted molar refractivity (Wildman–Crippen MR) is 46.1 cm³/mol. The topological polar surface area (TPSA) is 38.9 Å². The highest BCUT2D eigenvalue weighted by atomic mass is 14.8. The highest BCUT2D eigenvalue weighted by Gasteiger charge is 2.03. The molecule has 2 heteroatoms. The Kier molecular flexibility index (Phi) is 2.39. The van der Waals surface area contributed by atoms with Crippen LogP contribution in [0.4, 0.5) is 0 Å². The van der Waals surface area contributed by atoms with Crippen LogP contribution in [0.15, 0.2) is 31.0 Å². The fraction of sp³-hybridized carbons (Fsp3) is 0.222. The van der Waals surface area contributed by atoms with Crippen molar-refractivity contribution < 1.29 is 0 Å². The van der Waals surface area contributed by atoms with E-state index in [1.165, 1.54) is 0 Å². The average molecular weight is 148 g/mol. The molecule has 1 unspecified atom stereocenters. The number of nitrogens with zero attached hydrogens (tertiary/aromatic N) is 1. The highest BCUT2D eigenvalue weighted by Crippen LogP contribution is 2.11. The van der Waals surface area contributed by atoms with E-state index < -0.39 is 0 Å². The zero-order chi connectivity index (χ0) is 8.27. The number of hydrogen-bond acceptors (Lipinski definition) is 2. The molecule has 0 aliphatic rings. The summed E-state index contributed by atoms with van der Waals surface area (Å²) >= 11 is 0. The third-order valence-electron chi connectivity index (χ3n) is 1.62. The Bertz CT molecular complexity index is 255. The molecule has 0 fully saturated rings. The van der Waals surface area contributed by atoms with Gasteiger partial charge in [0.1, 0.15) is 0 Å². The standard InChI is InChI=1S/C9H12N2/c1-3-8(10)9-7(2)5-4-6-11-9/h3-6,8H,1,10H2,2H3. The van der Waals surface area contributed by atoms with Crippen molar-refractivity contribution in [2.75, 3.05) is 0 Å². The lowest BCUT2D eigenvalue weighted by atomic mass is 10.1. The number of aromatic nitrogens is 1. The van der Waals surface area contributed by atoms with E-state index in [0.717, 1.165) is 11.3 Å². The van der Waals surface area contributed by atoms with Crippen molar-refractivity contribution in [3.05, 3.63) is 42.2 Å². The summed E-state index contributed by atoms with van der Waals surface area (Å²) in [7, 11) is 0. The Labute approximate surface area is 66.8 Å². The second kappa shape index (κ2) is 3.30. The number of aryl methyl sites for hydroxylation is 1. The fourth-order valence-electron chi connectivity index (χ4n) is 0.958. The first kappa shape index (κ1) is 7.95. The summed E-state index contributed by atoms with van der Waals surface area (Å²) in [5, 5.41) is 0. The fourth-order valence-corrected chi connectivity index (χ4v) is 0.958. The maximum Gasteiger partial charge on any atom is 0.0656 e. The molecule has 0 aromatic carbocycles. The van der Waals surface area contributed by atoms with Crippen LogP contribution in [-0.2, 0) is 0 Å². The lowest BCUT2D eigenvalue weighted by Gasteiger charge is -2.07. The summed E-state index contributed by atoms with van der Waals surface area (Å²) < 4.78 is 0. The molecule has 0 aliphatic carbocycles. The summed E-state index contributed by atoms with van der Waals surface area (Å²) in [6.07, 6.45) is 3.43. The minimum Gasteiger partial charge on any atom is -0.319 e. The third-order valence-corrected chi connectivity index (χ3v) is 1.62. The van der Waals surface area contributed by atoms with Gasteiger partial charge in [-0.1, -0.05) is 12.1 Å². The second-order valence-corrected chi connectivity index (χ2v) is 2.47. The predicted octanol–water partition coefficient (Wildman–Crippen LogP) is 1.58. The van der Waals surface area contributed by atoms with Crippen molar-refractivity contribution in [3.8, 4) is 0 Å². The van der Waals surface area contributed by atoms with Gasteiger partial charge in [0.15, 0.2) is 0 Å². The molecule has 0 saturated carbocycles. The molecule has 0 amide bonds. The summed E-state index contributed by atoms with van der Waals surface area (Å²) in [6.45, 7) is 5.60. The molecular formula is C9H12N2. The van der Waals surface area contributed by atoms with E-state index in [0.29, 0.717) is 0 Å². The van der Waals surface area contributed by atoms with Gasteiger partial charge in [0.2, 0.25) is 0 Å². The van der Waals surface area contributed by atoms with E-state index in [4.69, 9.17) is 5.73 Å². The smallest absolute Gasteiger partial charge is 0.0656 e. The van der Waals surface area contributed by atoms with Gasteiger partial charge in [-0.15, -0.1) is 6.58 Å². The minimum absolute atomic E-state index is 0.142. The van der Waals surface area contributed by atoms with Crippen LogP contribution in [0.5, 0.6) is 0 Å². The van der Waals surface area contributed by atoms with Crippen LogP contribution in [0.25, 0.3) is 0 Å². The van der Waals surface area contributed by atoms with Gasteiger partial charge in [0, 0.05) is 6.20 Å². The molecule has 1 heterocycles. The molecule has 0 spiro atoms. The Morgan fingerprint density at radius 1 is 1.73 bits per heavy atom. The number of pyridine rings is 1. The van der Waals surface area contributed by atoms with E-state index in [1.807, 2.05) is 19.1 Å². The summed E-state index contributed by atoms with van der Waals surface area (Å²) in [5.41, 5.74) is 7.73. The zero-order valence-electron chi connectivity index (χ0n) is 6.62.